The van der Waals surface area contributed by atoms with Gasteiger partial charge in [-0.2, -0.15) is 11.8 Å². The molecule has 3 N–H and O–H groups in total. The first kappa shape index (κ1) is 14.1. The molecule has 1 atom stereocenters. The van der Waals surface area contributed by atoms with Crippen molar-refractivity contribution in [1.82, 2.24) is 9.97 Å². The van der Waals surface area contributed by atoms with Gasteiger partial charge in [0.25, 0.3) is 5.56 Å². The van der Waals surface area contributed by atoms with Crippen molar-refractivity contribution in [1.29, 1.82) is 0 Å². The number of H-pyrrole nitrogens is 1. The van der Waals surface area contributed by atoms with Crippen LogP contribution in [0.4, 0.5) is 5.82 Å². The third-order valence-electron chi connectivity index (χ3n) is 2.23. The van der Waals surface area contributed by atoms with E-state index in [-0.39, 0.29) is 5.56 Å². The first-order valence-electron chi connectivity index (χ1n) is 5.52. The Hall–Kier alpha value is -1.01. The van der Waals surface area contributed by atoms with E-state index < -0.39 is 5.60 Å². The van der Waals surface area contributed by atoms with E-state index in [0.29, 0.717) is 30.4 Å². The summed E-state index contributed by atoms with van der Waals surface area (Å²) < 4.78 is 0. The molecule has 0 aliphatic carbocycles. The Morgan fingerprint density at radius 2 is 2.35 bits per heavy atom. The lowest BCUT2D eigenvalue weighted by molar-refractivity contribution is 0.0996. The van der Waals surface area contributed by atoms with Gasteiger partial charge in [-0.25, -0.2) is 4.98 Å². The molecule has 1 heterocycles. The van der Waals surface area contributed by atoms with E-state index in [1.807, 2.05) is 13.2 Å². The molecule has 1 unspecified atom stereocenters. The van der Waals surface area contributed by atoms with Crippen molar-refractivity contribution in [2.75, 3.05) is 23.9 Å². The first-order valence-corrected chi connectivity index (χ1v) is 6.91. The van der Waals surface area contributed by atoms with Crippen LogP contribution in [0.15, 0.2) is 10.9 Å². The van der Waals surface area contributed by atoms with Crippen LogP contribution in [0.25, 0.3) is 0 Å². The molecule has 6 heteroatoms. The molecule has 0 aliphatic heterocycles. The summed E-state index contributed by atoms with van der Waals surface area (Å²) in [5, 5.41) is 13.0. The molecule has 0 aromatic carbocycles. The van der Waals surface area contributed by atoms with E-state index in [9.17, 15) is 9.90 Å². The summed E-state index contributed by atoms with van der Waals surface area (Å²) in [6, 6.07) is 1.40. The Kier molecular flexibility index (Phi) is 5.02. The third kappa shape index (κ3) is 4.79. The van der Waals surface area contributed by atoms with Crippen molar-refractivity contribution >= 4 is 17.6 Å². The number of nitrogens with one attached hydrogen (secondary N) is 2. The molecule has 96 valence electrons. The molecule has 0 fully saturated rings. The van der Waals surface area contributed by atoms with Gasteiger partial charge in [0.05, 0.1) is 5.60 Å². The van der Waals surface area contributed by atoms with Crippen molar-refractivity contribution in [2.45, 2.75) is 25.9 Å². The topological polar surface area (TPSA) is 78.0 Å². The molecular weight excluding hydrogens is 238 g/mol. The number of hydrogen-bond acceptors (Lipinski definition) is 5. The lowest BCUT2D eigenvalue weighted by Crippen LogP contribution is -2.36. The second-order valence-corrected chi connectivity index (χ2v) is 5.08. The highest BCUT2D eigenvalue weighted by atomic mass is 32.2. The summed E-state index contributed by atoms with van der Waals surface area (Å²) in [6.45, 7) is 4.05. The number of thioether (sulfide) groups is 1. The SMILES string of the molecule is CCc1nc(NCC(C)(O)CSC)cc(=O)[nH]1. The lowest BCUT2D eigenvalue weighted by Gasteiger charge is -2.22. The molecule has 1 rings (SSSR count). The van der Waals surface area contributed by atoms with Gasteiger partial charge in [0.1, 0.15) is 11.6 Å². The predicted octanol–water partition coefficient (Wildman–Crippen LogP) is 0.858. The van der Waals surface area contributed by atoms with Crippen molar-refractivity contribution < 1.29 is 5.11 Å². The second kappa shape index (κ2) is 6.07. The van der Waals surface area contributed by atoms with Gasteiger partial charge in [0.2, 0.25) is 0 Å². The molecule has 0 radical (unpaired) electrons. The maximum atomic E-state index is 11.3. The van der Waals surface area contributed by atoms with Gasteiger partial charge in [0, 0.05) is 24.8 Å². The number of aromatic amines is 1. The Balaban J connectivity index is 2.69. The van der Waals surface area contributed by atoms with E-state index in [1.54, 1.807) is 18.7 Å². The van der Waals surface area contributed by atoms with Crippen LogP contribution >= 0.6 is 11.8 Å². The fraction of sp³-hybridized carbons (Fsp3) is 0.636. The number of anilines is 1. The van der Waals surface area contributed by atoms with Gasteiger partial charge in [-0.15, -0.1) is 0 Å². The quantitative estimate of drug-likeness (QED) is 0.704. The van der Waals surface area contributed by atoms with Crippen LogP contribution in [0.5, 0.6) is 0 Å². The zero-order valence-electron chi connectivity index (χ0n) is 10.4. The van der Waals surface area contributed by atoms with Gasteiger partial charge in [-0.3, -0.25) is 4.79 Å². The molecule has 1 aromatic rings. The number of aromatic nitrogens is 2. The summed E-state index contributed by atoms with van der Waals surface area (Å²) in [6.07, 6.45) is 2.61. The van der Waals surface area contributed by atoms with Crippen LogP contribution in [0.3, 0.4) is 0 Å². The van der Waals surface area contributed by atoms with Crippen molar-refractivity contribution in [3.8, 4) is 0 Å². The molecular formula is C11H19N3O2S. The molecule has 0 bridgehead atoms. The number of aliphatic hydroxyl groups is 1. The smallest absolute Gasteiger partial charge is 0.252 e. The highest BCUT2D eigenvalue weighted by molar-refractivity contribution is 7.98. The minimum atomic E-state index is -0.809. The van der Waals surface area contributed by atoms with Crippen molar-refractivity contribution in [2.24, 2.45) is 0 Å². The summed E-state index contributed by atoms with van der Waals surface area (Å²) in [5.41, 5.74) is -0.986. The van der Waals surface area contributed by atoms with Gasteiger partial charge in [-0.1, -0.05) is 6.92 Å². The number of rotatable bonds is 6. The van der Waals surface area contributed by atoms with E-state index in [2.05, 4.69) is 15.3 Å². The average Bonchev–Trinajstić information content (AvgIpc) is 2.26. The molecule has 0 aliphatic rings. The van der Waals surface area contributed by atoms with Crippen LogP contribution in [0.1, 0.15) is 19.7 Å². The Bertz CT molecular complexity index is 417. The van der Waals surface area contributed by atoms with Crippen LogP contribution < -0.4 is 10.9 Å². The van der Waals surface area contributed by atoms with Crippen LogP contribution in [-0.4, -0.2) is 39.2 Å². The summed E-state index contributed by atoms with van der Waals surface area (Å²) in [4.78, 5) is 18.2. The van der Waals surface area contributed by atoms with Gasteiger partial charge >= 0.3 is 0 Å². The standard InChI is InChI=1S/C11H19N3O2S/c1-4-8-13-9(5-10(15)14-8)12-6-11(2,16)7-17-3/h5,16H,4,6-7H2,1-3H3,(H2,12,13,14,15). The van der Waals surface area contributed by atoms with Crippen LogP contribution in [-0.2, 0) is 6.42 Å². The van der Waals surface area contributed by atoms with Crippen molar-refractivity contribution in [3.63, 3.8) is 0 Å². The molecule has 0 saturated heterocycles. The molecule has 0 amide bonds. The third-order valence-corrected chi connectivity index (χ3v) is 3.14. The molecule has 0 spiro atoms. The zero-order valence-corrected chi connectivity index (χ0v) is 11.2. The zero-order chi connectivity index (χ0) is 12.9. The maximum Gasteiger partial charge on any atom is 0.252 e. The molecule has 0 saturated carbocycles. The Morgan fingerprint density at radius 3 is 2.94 bits per heavy atom. The summed E-state index contributed by atoms with van der Waals surface area (Å²) >= 11 is 1.58. The largest absolute Gasteiger partial charge is 0.387 e. The second-order valence-electron chi connectivity index (χ2n) is 4.21. The number of aryl methyl sites for hydroxylation is 1. The monoisotopic (exact) mass is 257 g/mol. The highest BCUT2D eigenvalue weighted by Crippen LogP contribution is 2.11. The van der Waals surface area contributed by atoms with Gasteiger partial charge in [0.15, 0.2) is 0 Å². The summed E-state index contributed by atoms with van der Waals surface area (Å²) in [5.74, 6) is 1.78. The summed E-state index contributed by atoms with van der Waals surface area (Å²) in [7, 11) is 0. The van der Waals surface area contributed by atoms with Crippen LogP contribution in [0.2, 0.25) is 0 Å². The minimum absolute atomic E-state index is 0.177. The normalized spacial score (nSPS) is 14.4. The first-order chi connectivity index (χ1) is 7.96. The molecule has 5 nitrogen and oxygen atoms in total. The van der Waals surface area contributed by atoms with Crippen LogP contribution in [0, 0.1) is 0 Å². The van der Waals surface area contributed by atoms with E-state index in [4.69, 9.17) is 0 Å². The Labute approximate surface area is 105 Å². The molecule has 17 heavy (non-hydrogen) atoms. The Morgan fingerprint density at radius 1 is 1.65 bits per heavy atom. The van der Waals surface area contributed by atoms with E-state index in [0.717, 1.165) is 0 Å². The fourth-order valence-corrected chi connectivity index (χ4v) is 2.13. The van der Waals surface area contributed by atoms with E-state index >= 15 is 0 Å². The van der Waals surface area contributed by atoms with E-state index in [1.165, 1.54) is 6.07 Å². The molecule has 1 aromatic heterocycles. The number of hydrogen-bond donors (Lipinski definition) is 3. The predicted molar refractivity (Wildman–Crippen MR) is 71.7 cm³/mol. The highest BCUT2D eigenvalue weighted by Gasteiger charge is 2.19. The average molecular weight is 257 g/mol. The lowest BCUT2D eigenvalue weighted by atomic mass is 10.1. The minimum Gasteiger partial charge on any atom is -0.387 e. The maximum absolute atomic E-state index is 11.3. The van der Waals surface area contributed by atoms with Gasteiger partial charge in [-0.05, 0) is 13.2 Å². The van der Waals surface area contributed by atoms with Gasteiger partial charge < -0.3 is 15.4 Å². The number of nitrogens with zero attached hydrogens (tertiary/aromatic N) is 1. The van der Waals surface area contributed by atoms with Crippen molar-refractivity contribution in [3.05, 3.63) is 22.2 Å². The fourth-order valence-electron chi connectivity index (χ4n) is 1.41.